The summed E-state index contributed by atoms with van der Waals surface area (Å²) >= 11 is 0. The Bertz CT molecular complexity index is 846. The third kappa shape index (κ3) is 3.16. The normalized spacial score (nSPS) is 11.8. The summed E-state index contributed by atoms with van der Waals surface area (Å²) < 4.78 is 0. The molecule has 4 aromatic rings. The zero-order valence-corrected chi connectivity index (χ0v) is 15.5. The van der Waals surface area contributed by atoms with E-state index in [9.17, 15) is 0 Å². The van der Waals surface area contributed by atoms with Crippen molar-refractivity contribution in [2.75, 3.05) is 0 Å². The van der Waals surface area contributed by atoms with Gasteiger partial charge in [0.05, 0.1) is 0 Å². The Labute approximate surface area is 154 Å². The molecule has 0 spiro atoms. The van der Waals surface area contributed by atoms with Crippen LogP contribution in [0, 0.1) is 0 Å². The van der Waals surface area contributed by atoms with E-state index in [1.165, 1.54) is 15.9 Å². The Kier molecular flexibility index (Phi) is 4.86. The molecule has 0 unspecified atom stereocenters. The molecule has 0 saturated carbocycles. The molecule has 0 radical (unpaired) electrons. The number of nitrogens with zero attached hydrogens (tertiary/aromatic N) is 2. The molecule has 3 aromatic carbocycles. The number of hydrogen-bond acceptors (Lipinski definition) is 2. The van der Waals surface area contributed by atoms with Crippen LogP contribution in [0.4, 0.5) is 0 Å². The Balaban J connectivity index is 2.00. The number of rotatable bonds is 5. The zero-order chi connectivity index (χ0) is 17.7. The molecule has 0 bridgehead atoms. The first kappa shape index (κ1) is 16.6. The van der Waals surface area contributed by atoms with Crippen LogP contribution in [0.25, 0.3) is 0 Å². The van der Waals surface area contributed by atoms with E-state index in [4.69, 9.17) is 0 Å². The van der Waals surface area contributed by atoms with Crippen LogP contribution in [0.15, 0.2) is 110 Å². The van der Waals surface area contributed by atoms with Crippen molar-refractivity contribution in [3.63, 3.8) is 0 Å². The molecule has 3 heteroatoms. The monoisotopic (exact) mass is 356 g/mol. The maximum atomic E-state index is 4.61. The van der Waals surface area contributed by atoms with Crippen molar-refractivity contribution in [3.05, 3.63) is 115 Å². The van der Waals surface area contributed by atoms with Gasteiger partial charge in [-0.2, -0.15) is 0 Å². The minimum absolute atomic E-state index is 0.888. The number of hydrogen-bond donors (Lipinski definition) is 0. The van der Waals surface area contributed by atoms with Gasteiger partial charge in [0.15, 0.2) is 0 Å². The summed E-state index contributed by atoms with van der Waals surface area (Å²) in [6.07, 6.45) is 6.31. The molecule has 0 N–H and O–H groups in total. The first-order valence-corrected chi connectivity index (χ1v) is 11.0. The first-order valence-electron chi connectivity index (χ1n) is 8.81. The molecule has 0 aliphatic carbocycles. The standard InChI is InChI=1S/C23H21N2P/c1-4-10-21(11-5-1)26(22-12-6-2-7-13-22,23-14-8-3-9-15-23)19-20-18-24-16-17-25-20/h1-18,26H,19H2. The van der Waals surface area contributed by atoms with Crippen molar-refractivity contribution in [2.24, 2.45) is 0 Å². The first-order chi connectivity index (χ1) is 12.9. The molecule has 0 aliphatic heterocycles. The molecule has 1 aromatic heterocycles. The third-order valence-electron chi connectivity index (χ3n) is 4.86. The van der Waals surface area contributed by atoms with E-state index in [1.54, 1.807) is 12.4 Å². The van der Waals surface area contributed by atoms with Crippen LogP contribution in [0.5, 0.6) is 0 Å². The van der Waals surface area contributed by atoms with Crippen molar-refractivity contribution in [1.29, 1.82) is 0 Å². The Morgan fingerprint density at radius 2 is 1.04 bits per heavy atom. The molecule has 2 nitrogen and oxygen atoms in total. The van der Waals surface area contributed by atoms with Crippen LogP contribution in [0.2, 0.25) is 0 Å². The molecule has 128 valence electrons. The second-order valence-corrected chi connectivity index (χ2v) is 10.3. The summed E-state index contributed by atoms with van der Waals surface area (Å²) in [7, 11) is -2.27. The van der Waals surface area contributed by atoms with Crippen molar-refractivity contribution in [1.82, 2.24) is 9.97 Å². The average Bonchev–Trinajstić information content (AvgIpc) is 2.75. The van der Waals surface area contributed by atoms with E-state index in [0.717, 1.165) is 11.9 Å². The second-order valence-electron chi connectivity index (χ2n) is 6.38. The van der Waals surface area contributed by atoms with Crippen LogP contribution in [-0.2, 0) is 6.16 Å². The van der Waals surface area contributed by atoms with Gasteiger partial charge in [0.1, 0.15) is 0 Å². The van der Waals surface area contributed by atoms with Crippen LogP contribution in [0.3, 0.4) is 0 Å². The van der Waals surface area contributed by atoms with Crippen molar-refractivity contribution in [3.8, 4) is 0 Å². The molecular weight excluding hydrogens is 335 g/mol. The SMILES string of the molecule is c1ccc([PH](Cc2cnccn2)(c2ccccc2)c2ccccc2)cc1. The summed E-state index contributed by atoms with van der Waals surface area (Å²) in [6.45, 7) is 0. The maximum absolute atomic E-state index is 4.61. The Morgan fingerprint density at radius 1 is 0.577 bits per heavy atom. The average molecular weight is 356 g/mol. The van der Waals surface area contributed by atoms with E-state index in [-0.39, 0.29) is 0 Å². The fourth-order valence-electron chi connectivity index (χ4n) is 3.67. The van der Waals surface area contributed by atoms with Gasteiger partial charge in [0.2, 0.25) is 0 Å². The van der Waals surface area contributed by atoms with Crippen molar-refractivity contribution in [2.45, 2.75) is 6.16 Å². The van der Waals surface area contributed by atoms with Gasteiger partial charge in [-0.15, -0.1) is 0 Å². The predicted molar refractivity (Wildman–Crippen MR) is 112 cm³/mol. The van der Waals surface area contributed by atoms with Gasteiger partial charge in [0, 0.05) is 0 Å². The van der Waals surface area contributed by atoms with Crippen molar-refractivity contribution >= 4 is 23.2 Å². The zero-order valence-electron chi connectivity index (χ0n) is 14.5. The van der Waals surface area contributed by atoms with Gasteiger partial charge < -0.3 is 0 Å². The topological polar surface area (TPSA) is 25.8 Å². The molecule has 0 aliphatic rings. The van der Waals surface area contributed by atoms with Gasteiger partial charge >= 0.3 is 155 Å². The van der Waals surface area contributed by atoms with Crippen molar-refractivity contribution < 1.29 is 0 Å². The van der Waals surface area contributed by atoms with E-state index >= 15 is 0 Å². The van der Waals surface area contributed by atoms with Gasteiger partial charge in [-0.05, 0) is 0 Å². The minimum atomic E-state index is -2.27. The van der Waals surface area contributed by atoms with Crippen LogP contribution < -0.4 is 15.9 Å². The van der Waals surface area contributed by atoms with Crippen LogP contribution >= 0.6 is 7.26 Å². The summed E-state index contributed by atoms with van der Waals surface area (Å²) in [5.74, 6) is 0. The molecule has 1 heterocycles. The fraction of sp³-hybridized carbons (Fsp3) is 0.0435. The summed E-state index contributed by atoms with van der Waals surface area (Å²) in [5.41, 5.74) is 1.04. The second kappa shape index (κ2) is 7.59. The van der Waals surface area contributed by atoms with E-state index < -0.39 is 7.26 Å². The summed E-state index contributed by atoms with van der Waals surface area (Å²) in [6, 6.07) is 32.7. The molecule has 0 saturated heterocycles. The molecule has 4 rings (SSSR count). The van der Waals surface area contributed by atoms with Crippen LogP contribution in [-0.4, -0.2) is 9.97 Å². The molecule has 0 fully saturated rings. The Hall–Kier alpha value is -2.83. The molecular formula is C23H21N2P. The predicted octanol–water partition coefficient (Wildman–Crippen LogP) is 3.70. The molecule has 26 heavy (non-hydrogen) atoms. The van der Waals surface area contributed by atoms with E-state index in [1.807, 2.05) is 6.20 Å². The molecule has 0 atom stereocenters. The number of aromatic nitrogens is 2. The van der Waals surface area contributed by atoms with Crippen LogP contribution in [0.1, 0.15) is 5.69 Å². The quantitative estimate of drug-likeness (QED) is 0.510. The fourth-order valence-corrected chi connectivity index (χ4v) is 8.29. The van der Waals surface area contributed by atoms with Gasteiger partial charge in [-0.3, -0.25) is 0 Å². The van der Waals surface area contributed by atoms with Gasteiger partial charge in [-0.1, -0.05) is 0 Å². The summed E-state index contributed by atoms with van der Waals surface area (Å²) in [5, 5.41) is 4.18. The molecule has 0 amide bonds. The summed E-state index contributed by atoms with van der Waals surface area (Å²) in [4.78, 5) is 8.92. The van der Waals surface area contributed by atoms with Gasteiger partial charge in [0.25, 0.3) is 0 Å². The third-order valence-corrected chi connectivity index (χ3v) is 9.71. The van der Waals surface area contributed by atoms with E-state index in [2.05, 4.69) is 101 Å². The number of benzene rings is 3. The van der Waals surface area contributed by atoms with E-state index in [0.29, 0.717) is 0 Å². The Morgan fingerprint density at radius 3 is 1.42 bits per heavy atom. The van der Waals surface area contributed by atoms with Gasteiger partial charge in [-0.25, -0.2) is 0 Å².